The highest BCUT2D eigenvalue weighted by Crippen LogP contribution is 2.22. The minimum atomic E-state index is -0.0187. The Balaban J connectivity index is 2.34. The van der Waals surface area contributed by atoms with E-state index in [4.69, 9.17) is 0 Å². The second-order valence-corrected chi connectivity index (χ2v) is 3.90. The van der Waals surface area contributed by atoms with Crippen LogP contribution in [0.15, 0.2) is 0 Å². The molecule has 0 radical (unpaired) electrons. The summed E-state index contributed by atoms with van der Waals surface area (Å²) in [5.74, 6) is 0.393. The van der Waals surface area contributed by atoms with Gasteiger partial charge >= 0.3 is 0 Å². The number of β-lactam (4-membered cyclic amide) rings is 1. The zero-order valence-electron chi connectivity index (χ0n) is 8.54. The van der Waals surface area contributed by atoms with Gasteiger partial charge in [0.05, 0.1) is 5.92 Å². The summed E-state index contributed by atoms with van der Waals surface area (Å²) in [6.07, 6.45) is 0.438. The number of amides is 1. The molecule has 0 saturated carbocycles. The van der Waals surface area contributed by atoms with Crippen LogP contribution in [0.25, 0.3) is 0 Å². The molecule has 1 fully saturated rings. The number of carbonyl (C=O) groups excluding carboxylic acids is 2. The molecule has 0 bridgehead atoms. The Hall–Kier alpha value is -0.860. The van der Waals surface area contributed by atoms with Gasteiger partial charge in [-0.15, -0.1) is 0 Å². The molecule has 0 aromatic rings. The Morgan fingerprint density at radius 3 is 2.62 bits per heavy atom. The molecular formula is C10H17NO2. The Kier molecular flexibility index (Phi) is 3.07. The molecule has 0 N–H and O–H groups in total. The molecule has 3 heteroatoms. The van der Waals surface area contributed by atoms with E-state index in [2.05, 4.69) is 0 Å². The number of nitrogens with zero attached hydrogens (tertiary/aromatic N) is 1. The maximum absolute atomic E-state index is 11.3. The number of rotatable bonds is 4. The summed E-state index contributed by atoms with van der Waals surface area (Å²) in [5.41, 5.74) is 0. The molecule has 13 heavy (non-hydrogen) atoms. The number of Topliss-reactive ketones (excluding diaryl/α,β-unsaturated/α-hetero) is 1. The van der Waals surface area contributed by atoms with E-state index in [1.807, 2.05) is 20.8 Å². The molecule has 0 unspecified atom stereocenters. The fourth-order valence-electron chi connectivity index (χ4n) is 1.50. The average Bonchev–Trinajstić information content (AvgIpc) is 2.10. The summed E-state index contributed by atoms with van der Waals surface area (Å²) >= 11 is 0. The van der Waals surface area contributed by atoms with Crippen molar-refractivity contribution < 1.29 is 9.59 Å². The van der Waals surface area contributed by atoms with E-state index in [0.29, 0.717) is 6.42 Å². The van der Waals surface area contributed by atoms with Gasteiger partial charge < -0.3 is 4.90 Å². The van der Waals surface area contributed by atoms with Gasteiger partial charge in [0.25, 0.3) is 0 Å². The van der Waals surface area contributed by atoms with Crippen LogP contribution in [-0.4, -0.2) is 29.7 Å². The molecular weight excluding hydrogens is 166 g/mol. The molecule has 1 saturated heterocycles. The monoisotopic (exact) mass is 183 g/mol. The van der Waals surface area contributed by atoms with Crippen molar-refractivity contribution in [2.24, 2.45) is 11.8 Å². The standard InChI is InChI=1S/C10H17NO2/c1-4-11-6-8(10(11)13)5-9(12)7(2)3/h7-8H,4-6H2,1-3H3/t8-/m0/s1. The van der Waals surface area contributed by atoms with E-state index in [9.17, 15) is 9.59 Å². The van der Waals surface area contributed by atoms with Crippen LogP contribution in [0, 0.1) is 11.8 Å². The minimum absolute atomic E-state index is 0.0187. The lowest BCUT2D eigenvalue weighted by Crippen LogP contribution is -2.52. The molecule has 1 heterocycles. The number of likely N-dealkylation sites (tertiary alicyclic amines) is 1. The summed E-state index contributed by atoms with van der Waals surface area (Å²) in [6, 6.07) is 0. The van der Waals surface area contributed by atoms with E-state index in [-0.39, 0.29) is 23.5 Å². The smallest absolute Gasteiger partial charge is 0.227 e. The van der Waals surface area contributed by atoms with Gasteiger partial charge in [-0.25, -0.2) is 0 Å². The summed E-state index contributed by atoms with van der Waals surface area (Å²) < 4.78 is 0. The molecule has 1 aliphatic rings. The summed E-state index contributed by atoms with van der Waals surface area (Å²) in [7, 11) is 0. The van der Waals surface area contributed by atoms with Crippen LogP contribution in [-0.2, 0) is 9.59 Å². The van der Waals surface area contributed by atoms with E-state index in [1.165, 1.54) is 0 Å². The third kappa shape index (κ3) is 2.08. The predicted molar refractivity (Wildman–Crippen MR) is 50.2 cm³/mol. The van der Waals surface area contributed by atoms with Gasteiger partial charge in [0.15, 0.2) is 0 Å². The number of hydrogen-bond acceptors (Lipinski definition) is 2. The molecule has 3 nitrogen and oxygen atoms in total. The van der Waals surface area contributed by atoms with Crippen LogP contribution in [0.5, 0.6) is 0 Å². The van der Waals surface area contributed by atoms with Crippen molar-refractivity contribution in [2.45, 2.75) is 27.2 Å². The summed E-state index contributed by atoms with van der Waals surface area (Å²) in [4.78, 5) is 24.4. The van der Waals surface area contributed by atoms with Crippen LogP contribution in [0.2, 0.25) is 0 Å². The van der Waals surface area contributed by atoms with E-state index in [1.54, 1.807) is 4.90 Å². The van der Waals surface area contributed by atoms with E-state index < -0.39 is 0 Å². The highest BCUT2D eigenvalue weighted by molar-refractivity contribution is 5.91. The van der Waals surface area contributed by atoms with Crippen LogP contribution in [0.1, 0.15) is 27.2 Å². The first-order valence-corrected chi connectivity index (χ1v) is 4.87. The van der Waals surface area contributed by atoms with Gasteiger partial charge in [0, 0.05) is 25.4 Å². The summed E-state index contributed by atoms with van der Waals surface area (Å²) in [5, 5.41) is 0. The van der Waals surface area contributed by atoms with Crippen LogP contribution in [0.3, 0.4) is 0 Å². The molecule has 0 aromatic heterocycles. The maximum atomic E-state index is 11.3. The van der Waals surface area contributed by atoms with Gasteiger partial charge in [0.2, 0.25) is 5.91 Å². The van der Waals surface area contributed by atoms with Crippen molar-refractivity contribution in [3.63, 3.8) is 0 Å². The van der Waals surface area contributed by atoms with E-state index >= 15 is 0 Å². The Morgan fingerprint density at radius 2 is 2.23 bits per heavy atom. The van der Waals surface area contributed by atoms with Crippen molar-refractivity contribution in [2.75, 3.05) is 13.1 Å². The first kappa shape index (κ1) is 10.2. The number of hydrogen-bond donors (Lipinski definition) is 0. The topological polar surface area (TPSA) is 37.4 Å². The van der Waals surface area contributed by atoms with Gasteiger partial charge in [-0.05, 0) is 6.92 Å². The zero-order chi connectivity index (χ0) is 10.0. The molecule has 1 atom stereocenters. The van der Waals surface area contributed by atoms with Crippen LogP contribution < -0.4 is 0 Å². The normalized spacial score (nSPS) is 22.0. The van der Waals surface area contributed by atoms with Crippen molar-refractivity contribution in [3.05, 3.63) is 0 Å². The Morgan fingerprint density at radius 1 is 1.62 bits per heavy atom. The third-order valence-electron chi connectivity index (χ3n) is 2.57. The van der Waals surface area contributed by atoms with Crippen LogP contribution in [0.4, 0.5) is 0 Å². The van der Waals surface area contributed by atoms with Crippen molar-refractivity contribution in [3.8, 4) is 0 Å². The van der Waals surface area contributed by atoms with Crippen molar-refractivity contribution >= 4 is 11.7 Å². The number of carbonyl (C=O) groups is 2. The molecule has 1 aliphatic heterocycles. The predicted octanol–water partition coefficient (Wildman–Crippen LogP) is 1.08. The van der Waals surface area contributed by atoms with Gasteiger partial charge in [0.1, 0.15) is 5.78 Å². The van der Waals surface area contributed by atoms with Crippen molar-refractivity contribution in [1.82, 2.24) is 4.90 Å². The minimum Gasteiger partial charge on any atom is -0.342 e. The lowest BCUT2D eigenvalue weighted by atomic mass is 9.90. The average molecular weight is 183 g/mol. The van der Waals surface area contributed by atoms with Gasteiger partial charge in [-0.1, -0.05) is 13.8 Å². The first-order chi connectivity index (χ1) is 6.06. The second-order valence-electron chi connectivity index (χ2n) is 3.90. The largest absolute Gasteiger partial charge is 0.342 e. The molecule has 1 rings (SSSR count). The number of ketones is 1. The fourth-order valence-corrected chi connectivity index (χ4v) is 1.50. The zero-order valence-corrected chi connectivity index (χ0v) is 8.54. The maximum Gasteiger partial charge on any atom is 0.227 e. The SMILES string of the molecule is CCN1C[C@H](CC(=O)C(C)C)C1=O. The molecule has 0 aromatic carbocycles. The lowest BCUT2D eigenvalue weighted by molar-refractivity contribution is -0.150. The lowest BCUT2D eigenvalue weighted by Gasteiger charge is -2.37. The van der Waals surface area contributed by atoms with Gasteiger partial charge in [-0.2, -0.15) is 0 Å². The quantitative estimate of drug-likeness (QED) is 0.612. The van der Waals surface area contributed by atoms with Crippen molar-refractivity contribution in [1.29, 1.82) is 0 Å². The second kappa shape index (κ2) is 3.90. The molecule has 0 spiro atoms. The van der Waals surface area contributed by atoms with Gasteiger partial charge in [-0.3, -0.25) is 9.59 Å². The summed E-state index contributed by atoms with van der Waals surface area (Å²) in [6.45, 7) is 7.25. The fraction of sp³-hybridized carbons (Fsp3) is 0.800. The highest BCUT2D eigenvalue weighted by Gasteiger charge is 2.36. The Bertz CT molecular complexity index is 223. The highest BCUT2D eigenvalue weighted by atomic mass is 16.2. The first-order valence-electron chi connectivity index (χ1n) is 4.87. The van der Waals surface area contributed by atoms with Crippen LogP contribution >= 0.6 is 0 Å². The molecule has 0 aliphatic carbocycles. The van der Waals surface area contributed by atoms with E-state index in [0.717, 1.165) is 13.1 Å². The third-order valence-corrected chi connectivity index (χ3v) is 2.57. The Labute approximate surface area is 79.1 Å². The molecule has 74 valence electrons. The molecule has 1 amide bonds.